The summed E-state index contributed by atoms with van der Waals surface area (Å²) in [5.41, 5.74) is 2.22. The Morgan fingerprint density at radius 1 is 1.32 bits per heavy atom. The minimum absolute atomic E-state index is 0.185. The molecular formula is C15H20N2O2. The molecule has 4 nitrogen and oxygen atoms in total. The van der Waals surface area contributed by atoms with Gasteiger partial charge < -0.3 is 5.32 Å². The molecule has 0 aliphatic carbocycles. The highest BCUT2D eigenvalue weighted by molar-refractivity contribution is 6.01. The van der Waals surface area contributed by atoms with Crippen molar-refractivity contribution < 1.29 is 9.59 Å². The first-order chi connectivity index (χ1) is 9.10. The molecule has 0 radical (unpaired) electrons. The maximum absolute atomic E-state index is 11.6. The molecule has 1 aromatic rings. The molecule has 19 heavy (non-hydrogen) atoms. The molecule has 1 saturated heterocycles. The van der Waals surface area contributed by atoms with Gasteiger partial charge in [-0.15, -0.1) is 0 Å². The minimum Gasteiger partial charge on any atom is -0.374 e. The molecule has 0 saturated carbocycles. The number of rotatable bonds is 4. The summed E-state index contributed by atoms with van der Waals surface area (Å²) in [5.74, 6) is 0.127. The van der Waals surface area contributed by atoms with E-state index >= 15 is 0 Å². The Hall–Kier alpha value is -1.84. The van der Waals surface area contributed by atoms with Gasteiger partial charge in [-0.3, -0.25) is 14.9 Å². The van der Waals surface area contributed by atoms with Gasteiger partial charge in [0.05, 0.1) is 0 Å². The van der Waals surface area contributed by atoms with Crippen LogP contribution in [0.1, 0.15) is 44.6 Å². The highest BCUT2D eigenvalue weighted by Gasteiger charge is 2.26. The fourth-order valence-corrected chi connectivity index (χ4v) is 2.18. The van der Waals surface area contributed by atoms with E-state index < -0.39 is 0 Å². The van der Waals surface area contributed by atoms with Gasteiger partial charge in [0.2, 0.25) is 11.8 Å². The quantitative estimate of drug-likeness (QED) is 0.817. The summed E-state index contributed by atoms with van der Waals surface area (Å²) in [7, 11) is 0. The van der Waals surface area contributed by atoms with E-state index in [2.05, 4.69) is 36.6 Å². The van der Waals surface area contributed by atoms with Crippen LogP contribution in [0.3, 0.4) is 0 Å². The van der Waals surface area contributed by atoms with Gasteiger partial charge in [0.1, 0.15) is 6.04 Å². The second-order valence-corrected chi connectivity index (χ2v) is 5.08. The van der Waals surface area contributed by atoms with Crippen molar-refractivity contribution in [2.45, 2.75) is 45.1 Å². The van der Waals surface area contributed by atoms with Gasteiger partial charge in [-0.25, -0.2) is 0 Å². The summed E-state index contributed by atoms with van der Waals surface area (Å²) in [6, 6.07) is 7.84. The number of carbonyl (C=O) groups is 2. The van der Waals surface area contributed by atoms with Crippen LogP contribution in [0.5, 0.6) is 0 Å². The number of anilines is 1. The Balaban J connectivity index is 1.99. The molecule has 2 rings (SSSR count). The molecule has 0 aromatic heterocycles. The normalized spacial score (nSPS) is 20.8. The van der Waals surface area contributed by atoms with Gasteiger partial charge in [-0.05, 0) is 36.5 Å². The lowest BCUT2D eigenvalue weighted by atomic mass is 9.98. The van der Waals surface area contributed by atoms with E-state index in [-0.39, 0.29) is 17.9 Å². The summed E-state index contributed by atoms with van der Waals surface area (Å²) in [5, 5.41) is 5.52. The minimum atomic E-state index is -0.313. The molecule has 1 aliphatic rings. The van der Waals surface area contributed by atoms with E-state index in [9.17, 15) is 9.59 Å². The molecule has 1 heterocycles. The van der Waals surface area contributed by atoms with Gasteiger partial charge in [-0.2, -0.15) is 0 Å². The zero-order valence-corrected chi connectivity index (χ0v) is 11.4. The van der Waals surface area contributed by atoms with E-state index in [1.165, 1.54) is 5.56 Å². The third-order valence-corrected chi connectivity index (χ3v) is 3.67. The van der Waals surface area contributed by atoms with Crippen molar-refractivity contribution >= 4 is 17.5 Å². The zero-order chi connectivity index (χ0) is 13.8. The van der Waals surface area contributed by atoms with Crippen LogP contribution in [0.25, 0.3) is 0 Å². The molecule has 2 unspecified atom stereocenters. The Morgan fingerprint density at radius 2 is 2.00 bits per heavy atom. The van der Waals surface area contributed by atoms with E-state index in [0.29, 0.717) is 18.8 Å². The summed E-state index contributed by atoms with van der Waals surface area (Å²) in [6.07, 6.45) is 2.06. The summed E-state index contributed by atoms with van der Waals surface area (Å²) in [4.78, 5) is 22.7. The van der Waals surface area contributed by atoms with Crippen LogP contribution in [0, 0.1) is 0 Å². The first-order valence-electron chi connectivity index (χ1n) is 6.80. The Bertz CT molecular complexity index is 468. The molecule has 0 spiro atoms. The van der Waals surface area contributed by atoms with Gasteiger partial charge >= 0.3 is 0 Å². The lowest BCUT2D eigenvalue weighted by Crippen LogP contribution is -2.47. The molecule has 102 valence electrons. The summed E-state index contributed by atoms with van der Waals surface area (Å²) in [6.45, 7) is 4.36. The molecule has 4 heteroatoms. The molecule has 1 fully saturated rings. The van der Waals surface area contributed by atoms with Crippen LogP contribution in [0.4, 0.5) is 5.69 Å². The standard InChI is InChI=1S/C15H20N2O2/c1-3-10(2)11-4-6-12(7-5-11)16-13-8-9-14(18)17-15(13)19/h4-7,10,13,16H,3,8-9H2,1-2H3,(H,17,18,19). The average molecular weight is 260 g/mol. The van der Waals surface area contributed by atoms with Crippen LogP contribution in [-0.4, -0.2) is 17.9 Å². The second-order valence-electron chi connectivity index (χ2n) is 5.08. The molecule has 1 aromatic carbocycles. The van der Waals surface area contributed by atoms with Gasteiger partial charge in [-0.1, -0.05) is 26.0 Å². The molecule has 0 bridgehead atoms. The van der Waals surface area contributed by atoms with E-state index in [0.717, 1.165) is 12.1 Å². The third kappa shape index (κ3) is 3.34. The van der Waals surface area contributed by atoms with E-state index in [4.69, 9.17) is 0 Å². The lowest BCUT2D eigenvalue weighted by Gasteiger charge is -2.23. The molecule has 2 atom stereocenters. The number of piperidine rings is 1. The molecule has 2 N–H and O–H groups in total. The van der Waals surface area contributed by atoms with Crippen molar-refractivity contribution in [2.75, 3.05) is 5.32 Å². The SMILES string of the molecule is CCC(C)c1ccc(NC2CCC(=O)NC2=O)cc1. The van der Waals surface area contributed by atoms with Crippen LogP contribution >= 0.6 is 0 Å². The van der Waals surface area contributed by atoms with Crippen molar-refractivity contribution in [2.24, 2.45) is 0 Å². The molecule has 1 aliphatic heterocycles. The first kappa shape index (κ1) is 13.6. The fourth-order valence-electron chi connectivity index (χ4n) is 2.18. The average Bonchev–Trinajstić information content (AvgIpc) is 2.42. The van der Waals surface area contributed by atoms with Crippen LogP contribution in [-0.2, 0) is 9.59 Å². The number of hydrogen-bond donors (Lipinski definition) is 2. The molecular weight excluding hydrogens is 240 g/mol. The highest BCUT2D eigenvalue weighted by Crippen LogP contribution is 2.21. The van der Waals surface area contributed by atoms with E-state index in [1.807, 2.05) is 12.1 Å². The smallest absolute Gasteiger partial charge is 0.249 e. The van der Waals surface area contributed by atoms with Crippen molar-refractivity contribution in [1.29, 1.82) is 0 Å². The third-order valence-electron chi connectivity index (χ3n) is 3.67. The highest BCUT2D eigenvalue weighted by atomic mass is 16.2. The maximum atomic E-state index is 11.6. The van der Waals surface area contributed by atoms with Crippen molar-refractivity contribution in [3.05, 3.63) is 29.8 Å². The number of nitrogens with one attached hydrogen (secondary N) is 2. The largest absolute Gasteiger partial charge is 0.374 e. The number of amides is 2. The van der Waals surface area contributed by atoms with Gasteiger partial charge in [0.25, 0.3) is 0 Å². The fraction of sp³-hybridized carbons (Fsp3) is 0.467. The monoisotopic (exact) mass is 260 g/mol. The number of hydrogen-bond acceptors (Lipinski definition) is 3. The van der Waals surface area contributed by atoms with E-state index in [1.54, 1.807) is 0 Å². The zero-order valence-electron chi connectivity index (χ0n) is 11.4. The Labute approximate surface area is 113 Å². The van der Waals surface area contributed by atoms with Crippen LogP contribution in [0.15, 0.2) is 24.3 Å². The van der Waals surface area contributed by atoms with Gasteiger partial charge in [0.15, 0.2) is 0 Å². The molecule has 2 amide bonds. The summed E-state index contributed by atoms with van der Waals surface area (Å²) >= 11 is 0. The number of benzene rings is 1. The lowest BCUT2D eigenvalue weighted by molar-refractivity contribution is -0.133. The Morgan fingerprint density at radius 3 is 2.58 bits per heavy atom. The van der Waals surface area contributed by atoms with Crippen molar-refractivity contribution in [1.82, 2.24) is 5.32 Å². The number of carbonyl (C=O) groups excluding carboxylic acids is 2. The Kier molecular flexibility index (Phi) is 4.20. The first-order valence-corrected chi connectivity index (χ1v) is 6.80. The second kappa shape index (κ2) is 5.87. The predicted molar refractivity (Wildman–Crippen MR) is 74.9 cm³/mol. The van der Waals surface area contributed by atoms with Crippen molar-refractivity contribution in [3.8, 4) is 0 Å². The predicted octanol–water partition coefficient (Wildman–Crippen LogP) is 2.42. The summed E-state index contributed by atoms with van der Waals surface area (Å²) < 4.78 is 0. The van der Waals surface area contributed by atoms with Crippen molar-refractivity contribution in [3.63, 3.8) is 0 Å². The van der Waals surface area contributed by atoms with Crippen LogP contribution < -0.4 is 10.6 Å². The number of imide groups is 1. The van der Waals surface area contributed by atoms with Gasteiger partial charge in [0, 0.05) is 12.1 Å². The topological polar surface area (TPSA) is 58.2 Å². The van der Waals surface area contributed by atoms with Crippen LogP contribution in [0.2, 0.25) is 0 Å². The maximum Gasteiger partial charge on any atom is 0.249 e.